The second-order valence-electron chi connectivity index (χ2n) is 4.86. The van der Waals surface area contributed by atoms with E-state index in [0.717, 1.165) is 5.56 Å². The Bertz CT molecular complexity index is 582. The van der Waals surface area contributed by atoms with Gasteiger partial charge in [-0.1, -0.05) is 12.1 Å². The van der Waals surface area contributed by atoms with Crippen molar-refractivity contribution in [2.45, 2.75) is 24.7 Å². The predicted octanol–water partition coefficient (Wildman–Crippen LogP) is 1.48. The minimum Gasteiger partial charge on any atom is -0.481 e. The molecular formula is C13H17NO4S. The van der Waals surface area contributed by atoms with Gasteiger partial charge in [0.2, 0.25) is 10.0 Å². The van der Waals surface area contributed by atoms with Gasteiger partial charge in [-0.3, -0.25) is 4.79 Å². The predicted molar refractivity (Wildman–Crippen MR) is 70.3 cm³/mol. The van der Waals surface area contributed by atoms with E-state index in [-0.39, 0.29) is 11.4 Å². The van der Waals surface area contributed by atoms with Crippen LogP contribution < -0.4 is 0 Å². The molecule has 0 aromatic heterocycles. The number of piperidine rings is 1. The Morgan fingerprint density at radius 1 is 1.42 bits per heavy atom. The highest BCUT2D eigenvalue weighted by atomic mass is 32.2. The smallest absolute Gasteiger partial charge is 0.307 e. The van der Waals surface area contributed by atoms with Gasteiger partial charge in [-0.2, -0.15) is 4.31 Å². The van der Waals surface area contributed by atoms with Crippen LogP contribution in [0.25, 0.3) is 0 Å². The van der Waals surface area contributed by atoms with Crippen LogP contribution in [0, 0.1) is 12.8 Å². The van der Waals surface area contributed by atoms with Crippen molar-refractivity contribution in [3.8, 4) is 0 Å². The lowest BCUT2D eigenvalue weighted by Gasteiger charge is -2.29. The van der Waals surface area contributed by atoms with E-state index < -0.39 is 21.9 Å². The van der Waals surface area contributed by atoms with Crippen molar-refractivity contribution in [3.63, 3.8) is 0 Å². The Morgan fingerprint density at radius 3 is 2.79 bits per heavy atom. The molecule has 0 radical (unpaired) electrons. The van der Waals surface area contributed by atoms with Crippen LogP contribution in [0.3, 0.4) is 0 Å². The molecule has 0 aliphatic carbocycles. The monoisotopic (exact) mass is 283 g/mol. The van der Waals surface area contributed by atoms with Gasteiger partial charge in [0.1, 0.15) is 0 Å². The highest BCUT2D eigenvalue weighted by Crippen LogP contribution is 2.24. The summed E-state index contributed by atoms with van der Waals surface area (Å²) in [6.07, 6.45) is 1.12. The van der Waals surface area contributed by atoms with Crippen molar-refractivity contribution in [1.29, 1.82) is 0 Å². The molecule has 0 amide bonds. The van der Waals surface area contributed by atoms with E-state index in [1.54, 1.807) is 18.2 Å². The van der Waals surface area contributed by atoms with E-state index in [4.69, 9.17) is 5.11 Å². The van der Waals surface area contributed by atoms with Crippen LogP contribution in [0.1, 0.15) is 18.4 Å². The fraction of sp³-hybridized carbons (Fsp3) is 0.462. The Balaban J connectivity index is 2.27. The van der Waals surface area contributed by atoms with Crippen LogP contribution in [0.15, 0.2) is 29.2 Å². The third kappa shape index (κ3) is 2.96. The molecule has 1 aromatic rings. The normalized spacial score (nSPS) is 21.2. The maximum atomic E-state index is 12.4. The number of sulfonamides is 1. The third-order valence-corrected chi connectivity index (χ3v) is 5.22. The average molecular weight is 283 g/mol. The Hall–Kier alpha value is -1.40. The summed E-state index contributed by atoms with van der Waals surface area (Å²) in [5.74, 6) is -1.53. The number of hydrogen-bond donors (Lipinski definition) is 1. The van der Waals surface area contributed by atoms with Crippen LogP contribution in [0.2, 0.25) is 0 Å². The quantitative estimate of drug-likeness (QED) is 0.911. The second-order valence-corrected chi connectivity index (χ2v) is 6.79. The first kappa shape index (κ1) is 14.0. The number of carboxylic acid groups (broad SMARTS) is 1. The summed E-state index contributed by atoms with van der Waals surface area (Å²) in [6.45, 7) is 2.28. The molecule has 0 bridgehead atoms. The summed E-state index contributed by atoms with van der Waals surface area (Å²) in [4.78, 5) is 11.2. The van der Waals surface area contributed by atoms with Gasteiger partial charge in [0.25, 0.3) is 0 Å². The molecule has 1 saturated heterocycles. The van der Waals surface area contributed by atoms with Gasteiger partial charge in [0, 0.05) is 13.1 Å². The number of carbonyl (C=O) groups is 1. The van der Waals surface area contributed by atoms with E-state index in [0.29, 0.717) is 19.4 Å². The largest absolute Gasteiger partial charge is 0.481 e. The molecule has 1 aromatic carbocycles. The third-order valence-electron chi connectivity index (χ3n) is 3.36. The summed E-state index contributed by atoms with van der Waals surface area (Å²) in [7, 11) is -3.58. The molecule has 1 N–H and O–H groups in total. The molecule has 6 heteroatoms. The standard InChI is InChI=1S/C13H17NO4S/c1-10-4-2-6-12(8-10)19(17,18)14-7-3-5-11(9-14)13(15)16/h2,4,6,8,11H,3,5,7,9H2,1H3,(H,15,16)/t11-/m1/s1. The highest BCUT2D eigenvalue weighted by Gasteiger charge is 2.33. The lowest BCUT2D eigenvalue weighted by Crippen LogP contribution is -2.42. The molecule has 0 unspecified atom stereocenters. The molecule has 5 nitrogen and oxygen atoms in total. The van der Waals surface area contributed by atoms with Gasteiger partial charge < -0.3 is 5.11 Å². The number of nitrogens with zero attached hydrogens (tertiary/aromatic N) is 1. The van der Waals surface area contributed by atoms with Crippen LogP contribution in [-0.2, 0) is 14.8 Å². The SMILES string of the molecule is Cc1cccc(S(=O)(=O)N2CCC[C@@H](C(=O)O)C2)c1. The van der Waals surface area contributed by atoms with Crippen molar-refractivity contribution in [3.05, 3.63) is 29.8 Å². The van der Waals surface area contributed by atoms with Gasteiger partial charge in [0.15, 0.2) is 0 Å². The van der Waals surface area contributed by atoms with Crippen LogP contribution in [0.5, 0.6) is 0 Å². The fourth-order valence-corrected chi connectivity index (χ4v) is 3.92. The first-order chi connectivity index (χ1) is 8.91. The lowest BCUT2D eigenvalue weighted by molar-refractivity contribution is -0.142. The maximum absolute atomic E-state index is 12.4. The minimum atomic E-state index is -3.58. The molecule has 1 fully saturated rings. The molecule has 1 heterocycles. The number of hydrogen-bond acceptors (Lipinski definition) is 3. The van der Waals surface area contributed by atoms with Crippen molar-refractivity contribution < 1.29 is 18.3 Å². The van der Waals surface area contributed by atoms with Crippen molar-refractivity contribution in [2.75, 3.05) is 13.1 Å². The van der Waals surface area contributed by atoms with E-state index in [1.807, 2.05) is 13.0 Å². The van der Waals surface area contributed by atoms with Crippen LogP contribution in [0.4, 0.5) is 0 Å². The fourth-order valence-electron chi connectivity index (χ4n) is 2.29. The number of carboxylic acids is 1. The average Bonchev–Trinajstić information content (AvgIpc) is 2.39. The first-order valence-electron chi connectivity index (χ1n) is 6.21. The zero-order valence-electron chi connectivity index (χ0n) is 10.7. The van der Waals surface area contributed by atoms with E-state index in [9.17, 15) is 13.2 Å². The van der Waals surface area contributed by atoms with E-state index in [1.165, 1.54) is 4.31 Å². The topological polar surface area (TPSA) is 74.7 Å². The van der Waals surface area contributed by atoms with Gasteiger partial charge >= 0.3 is 5.97 Å². The molecule has 0 saturated carbocycles. The zero-order valence-corrected chi connectivity index (χ0v) is 11.6. The highest BCUT2D eigenvalue weighted by molar-refractivity contribution is 7.89. The van der Waals surface area contributed by atoms with Crippen LogP contribution in [-0.4, -0.2) is 36.9 Å². The maximum Gasteiger partial charge on any atom is 0.307 e. The van der Waals surface area contributed by atoms with Crippen LogP contribution >= 0.6 is 0 Å². The summed E-state index contributed by atoms with van der Waals surface area (Å²) in [6, 6.07) is 6.68. The molecule has 104 valence electrons. The summed E-state index contributed by atoms with van der Waals surface area (Å²) in [5, 5.41) is 9.01. The Morgan fingerprint density at radius 2 is 2.16 bits per heavy atom. The summed E-state index contributed by atoms with van der Waals surface area (Å²) in [5.41, 5.74) is 0.868. The molecule has 1 aliphatic rings. The number of rotatable bonds is 3. The van der Waals surface area contributed by atoms with E-state index in [2.05, 4.69) is 0 Å². The summed E-state index contributed by atoms with van der Waals surface area (Å²) >= 11 is 0. The zero-order chi connectivity index (χ0) is 14.0. The molecule has 1 aliphatic heterocycles. The molecule has 2 rings (SSSR count). The van der Waals surface area contributed by atoms with Gasteiger partial charge in [-0.25, -0.2) is 8.42 Å². The first-order valence-corrected chi connectivity index (χ1v) is 7.65. The number of aliphatic carboxylic acids is 1. The Kier molecular flexibility index (Phi) is 3.91. The van der Waals surface area contributed by atoms with Crippen molar-refractivity contribution in [2.24, 2.45) is 5.92 Å². The number of aryl methyl sites for hydroxylation is 1. The second kappa shape index (κ2) is 5.30. The minimum absolute atomic E-state index is 0.0611. The Labute approximate surface area is 112 Å². The molecular weight excluding hydrogens is 266 g/mol. The lowest BCUT2D eigenvalue weighted by atomic mass is 10.0. The molecule has 0 spiro atoms. The molecule has 1 atom stereocenters. The van der Waals surface area contributed by atoms with Gasteiger partial charge in [-0.15, -0.1) is 0 Å². The van der Waals surface area contributed by atoms with Gasteiger partial charge in [0.05, 0.1) is 10.8 Å². The van der Waals surface area contributed by atoms with E-state index >= 15 is 0 Å². The van der Waals surface area contributed by atoms with Gasteiger partial charge in [-0.05, 0) is 37.5 Å². The summed E-state index contributed by atoms with van der Waals surface area (Å²) < 4.78 is 26.2. The van der Waals surface area contributed by atoms with Crippen molar-refractivity contribution in [1.82, 2.24) is 4.31 Å². The van der Waals surface area contributed by atoms with Crippen molar-refractivity contribution >= 4 is 16.0 Å². The molecule has 19 heavy (non-hydrogen) atoms. The number of benzene rings is 1.